The van der Waals surface area contributed by atoms with Crippen LogP contribution in [0, 0.1) is 50.2 Å². The third kappa shape index (κ3) is 3.68. The Morgan fingerprint density at radius 1 is 0.881 bits per heavy atom. The number of aliphatic hydroxyl groups excluding tert-OH is 1. The van der Waals surface area contributed by atoms with Crippen molar-refractivity contribution in [2.75, 3.05) is 6.61 Å². The van der Waals surface area contributed by atoms with Crippen molar-refractivity contribution in [3.63, 3.8) is 0 Å². The number of aliphatic hydroxyl groups is 1. The average molecular weight is 577 g/mol. The summed E-state index contributed by atoms with van der Waals surface area (Å²) in [6.45, 7) is 15.1. The van der Waals surface area contributed by atoms with Gasteiger partial charge in [-0.3, -0.25) is 4.79 Å². The molecule has 1 heterocycles. The molecule has 5 nitrogen and oxygen atoms in total. The predicted octanol–water partition coefficient (Wildman–Crippen LogP) is 7.94. The van der Waals surface area contributed by atoms with Crippen molar-refractivity contribution in [1.29, 1.82) is 0 Å². The van der Waals surface area contributed by atoms with Crippen LogP contribution in [-0.2, 0) is 14.3 Å². The molecule has 7 rings (SSSR count). The molecule has 1 unspecified atom stereocenters. The Morgan fingerprint density at radius 3 is 2.31 bits per heavy atom. The molecule has 0 bridgehead atoms. The molecular weight excluding hydrogens is 524 g/mol. The summed E-state index contributed by atoms with van der Waals surface area (Å²) in [5.41, 5.74) is 1.74. The van der Waals surface area contributed by atoms with Gasteiger partial charge >= 0.3 is 5.97 Å². The van der Waals surface area contributed by atoms with Gasteiger partial charge in [-0.15, -0.1) is 0 Å². The van der Waals surface area contributed by atoms with Crippen LogP contribution in [0.4, 0.5) is 0 Å². The van der Waals surface area contributed by atoms with Gasteiger partial charge in [-0.1, -0.05) is 83.5 Å². The molecule has 2 N–H and O–H groups in total. The van der Waals surface area contributed by atoms with E-state index in [0.29, 0.717) is 18.4 Å². The Balaban J connectivity index is 1.24. The van der Waals surface area contributed by atoms with Crippen LogP contribution in [0.1, 0.15) is 111 Å². The van der Waals surface area contributed by atoms with Crippen LogP contribution >= 0.6 is 0 Å². The third-order valence-electron chi connectivity index (χ3n) is 14.7. The molecule has 5 heteroatoms. The normalized spacial score (nSPS) is 51.1. The first kappa shape index (κ1) is 29.0. The zero-order chi connectivity index (χ0) is 29.9. The number of benzene rings is 1. The first-order valence-electron chi connectivity index (χ1n) is 16.6. The van der Waals surface area contributed by atoms with E-state index in [-0.39, 0.29) is 39.1 Å². The smallest absolute Gasteiger partial charge is 0.310 e. The highest BCUT2D eigenvalue weighted by molar-refractivity contribution is 5.76. The van der Waals surface area contributed by atoms with E-state index in [9.17, 15) is 15.0 Å². The van der Waals surface area contributed by atoms with Crippen molar-refractivity contribution in [2.24, 2.45) is 50.2 Å². The topological polar surface area (TPSA) is 76.0 Å². The fraction of sp³-hybridized carbons (Fsp3) is 0.757. The number of carboxylic acids is 1. The number of carbonyl (C=O) groups is 1. The summed E-state index contributed by atoms with van der Waals surface area (Å²) >= 11 is 0. The van der Waals surface area contributed by atoms with Crippen molar-refractivity contribution in [3.05, 3.63) is 47.5 Å². The maximum absolute atomic E-state index is 12.9. The number of hydrogen-bond donors (Lipinski definition) is 2. The largest absolute Gasteiger partial charge is 0.481 e. The monoisotopic (exact) mass is 576 g/mol. The van der Waals surface area contributed by atoms with Crippen molar-refractivity contribution in [3.8, 4) is 0 Å². The number of hydrogen-bond acceptors (Lipinski definition) is 4. The highest BCUT2D eigenvalue weighted by Crippen LogP contribution is 2.76. The minimum atomic E-state index is -0.612. The van der Waals surface area contributed by atoms with E-state index in [1.165, 1.54) is 5.57 Å². The molecule has 5 aliphatic carbocycles. The summed E-state index contributed by atoms with van der Waals surface area (Å²) in [6, 6.07) is 10.1. The molecule has 1 aliphatic heterocycles. The number of rotatable bonds is 2. The molecule has 0 aromatic heterocycles. The van der Waals surface area contributed by atoms with E-state index in [0.717, 1.165) is 63.4 Å². The molecular formula is C37H52O5. The van der Waals surface area contributed by atoms with E-state index in [1.54, 1.807) is 0 Å². The second kappa shape index (κ2) is 9.17. The maximum atomic E-state index is 12.9. The Kier molecular flexibility index (Phi) is 6.34. The van der Waals surface area contributed by atoms with Crippen molar-refractivity contribution < 1.29 is 24.5 Å². The lowest BCUT2D eigenvalue weighted by atomic mass is 9.33. The number of allylic oxidation sites excluding steroid dienone is 2. The first-order chi connectivity index (χ1) is 19.7. The van der Waals surface area contributed by atoms with Gasteiger partial charge in [0.15, 0.2) is 6.29 Å². The van der Waals surface area contributed by atoms with Crippen molar-refractivity contribution in [2.45, 2.75) is 118 Å². The zero-order valence-electron chi connectivity index (χ0n) is 26.6. The quantitative estimate of drug-likeness (QED) is 0.350. The van der Waals surface area contributed by atoms with Gasteiger partial charge in [0.05, 0.1) is 24.2 Å². The Morgan fingerprint density at radius 2 is 1.60 bits per heavy atom. The second-order valence-electron chi connectivity index (χ2n) is 17.1. The van der Waals surface area contributed by atoms with Crippen LogP contribution in [0.3, 0.4) is 0 Å². The van der Waals surface area contributed by atoms with Crippen LogP contribution < -0.4 is 0 Å². The fourth-order valence-electron chi connectivity index (χ4n) is 12.2. The van der Waals surface area contributed by atoms with Gasteiger partial charge in [0.2, 0.25) is 0 Å². The highest BCUT2D eigenvalue weighted by atomic mass is 16.7. The van der Waals surface area contributed by atoms with Crippen molar-refractivity contribution >= 4 is 5.97 Å². The van der Waals surface area contributed by atoms with E-state index in [2.05, 4.69) is 47.6 Å². The number of carboxylic acid groups (broad SMARTS) is 1. The standard InChI is InChI=1S/C37H52O5/c1-32(2)16-18-37(31(39)40)19-17-35(5)24(25(37)20-32)12-13-28-33(3)21-26(38)29-34(4,27(33)14-15-36(28,35)6)22-41-30(42-29)23-10-8-7-9-11-23/h7-12,25-30,38H,13-22H2,1-6H3,(H,39,40)/t25-,26+,27+,28+,29-,30?,33-,34-,35+,36+,37-/m0/s1. The van der Waals surface area contributed by atoms with Gasteiger partial charge in [0.1, 0.15) is 0 Å². The van der Waals surface area contributed by atoms with E-state index >= 15 is 0 Å². The van der Waals surface area contributed by atoms with Gasteiger partial charge in [-0.25, -0.2) is 0 Å². The van der Waals surface area contributed by atoms with Crippen LogP contribution in [0.25, 0.3) is 0 Å². The summed E-state index contributed by atoms with van der Waals surface area (Å²) in [4.78, 5) is 12.9. The minimum Gasteiger partial charge on any atom is -0.481 e. The number of aliphatic carboxylic acids is 1. The van der Waals surface area contributed by atoms with Gasteiger partial charge in [-0.2, -0.15) is 0 Å². The maximum Gasteiger partial charge on any atom is 0.310 e. The number of fused-ring (bicyclic) bond motifs is 9. The molecule has 1 aromatic rings. The van der Waals surface area contributed by atoms with E-state index in [4.69, 9.17) is 9.47 Å². The van der Waals surface area contributed by atoms with Crippen LogP contribution in [-0.4, -0.2) is 35.0 Å². The van der Waals surface area contributed by atoms with E-state index in [1.807, 2.05) is 30.3 Å². The summed E-state index contributed by atoms with van der Waals surface area (Å²) in [6.07, 6.45) is 9.71. The van der Waals surface area contributed by atoms with Crippen LogP contribution in [0.5, 0.6) is 0 Å². The molecule has 0 spiro atoms. The Bertz CT molecular complexity index is 1290. The summed E-state index contributed by atoms with van der Waals surface area (Å²) in [5, 5.41) is 22.5. The molecule has 11 atom stereocenters. The fourth-order valence-corrected chi connectivity index (χ4v) is 12.2. The lowest BCUT2D eigenvalue weighted by molar-refractivity contribution is -0.339. The SMILES string of the molecule is CC1(C)CC[C@]2(C(=O)O)CC[C@]3(C)C(=CC[C@@H]4[C@@]5(C)C[C@@H](O)[C@@H]6OC(c7ccccc7)OC[C@@]6(C)[C@@H]5CC[C@]43C)[C@@H]2C1. The first-order valence-corrected chi connectivity index (χ1v) is 16.6. The molecule has 0 radical (unpaired) electrons. The van der Waals surface area contributed by atoms with Gasteiger partial charge in [-0.05, 0) is 97.2 Å². The number of ether oxygens (including phenoxy) is 2. The molecule has 5 fully saturated rings. The van der Waals surface area contributed by atoms with Crippen molar-refractivity contribution in [1.82, 2.24) is 0 Å². The Hall–Kier alpha value is -1.69. The lowest BCUT2D eigenvalue weighted by Gasteiger charge is -2.72. The molecule has 1 saturated heterocycles. The summed E-state index contributed by atoms with van der Waals surface area (Å²) in [5.74, 6) is 0.358. The second-order valence-corrected chi connectivity index (χ2v) is 17.1. The Labute approximate surface area is 252 Å². The molecule has 4 saturated carbocycles. The highest BCUT2D eigenvalue weighted by Gasteiger charge is 2.71. The van der Waals surface area contributed by atoms with E-state index < -0.39 is 23.8 Å². The molecule has 6 aliphatic rings. The van der Waals surface area contributed by atoms with Gasteiger partial charge in [0, 0.05) is 11.0 Å². The summed E-state index contributed by atoms with van der Waals surface area (Å²) in [7, 11) is 0. The minimum absolute atomic E-state index is 0.0262. The molecule has 230 valence electrons. The summed E-state index contributed by atoms with van der Waals surface area (Å²) < 4.78 is 13.1. The molecule has 1 aromatic carbocycles. The lowest BCUT2D eigenvalue weighted by Crippen LogP contribution is -2.69. The van der Waals surface area contributed by atoms with Crippen LogP contribution in [0.15, 0.2) is 42.0 Å². The molecule has 0 amide bonds. The van der Waals surface area contributed by atoms with Crippen LogP contribution in [0.2, 0.25) is 0 Å². The predicted molar refractivity (Wildman–Crippen MR) is 162 cm³/mol. The molecule has 42 heavy (non-hydrogen) atoms. The average Bonchev–Trinajstić information content (AvgIpc) is 2.93. The third-order valence-corrected chi connectivity index (χ3v) is 14.7. The van der Waals surface area contributed by atoms with Gasteiger partial charge < -0.3 is 19.7 Å². The van der Waals surface area contributed by atoms with Gasteiger partial charge in [0.25, 0.3) is 0 Å². The zero-order valence-corrected chi connectivity index (χ0v) is 26.6.